The van der Waals surface area contributed by atoms with Crippen LogP contribution in [0.2, 0.25) is 0 Å². The average Bonchev–Trinajstić information content (AvgIpc) is 2.81. The Hall–Kier alpha value is -1.06. The molecule has 1 atom stereocenters. The lowest BCUT2D eigenvalue weighted by atomic mass is 9.86. The Bertz CT molecular complexity index is 597. The maximum Gasteiger partial charge on any atom is 0.169 e. The van der Waals surface area contributed by atoms with E-state index in [0.29, 0.717) is 10.4 Å². The Balaban J connectivity index is 2.63. The van der Waals surface area contributed by atoms with E-state index in [1.54, 1.807) is 12.1 Å². The average molecular weight is 323 g/mol. The molecule has 0 spiro atoms. The van der Waals surface area contributed by atoms with Crippen molar-refractivity contribution >= 4 is 15.9 Å². The van der Waals surface area contributed by atoms with Crippen molar-refractivity contribution in [3.05, 3.63) is 55.9 Å². The number of aliphatic hydroxyl groups excluding tert-OH is 1. The summed E-state index contributed by atoms with van der Waals surface area (Å²) in [6.45, 7) is 10.5. The van der Waals surface area contributed by atoms with Crippen LogP contribution in [0.1, 0.15) is 45.2 Å². The zero-order chi connectivity index (χ0) is 14.3. The van der Waals surface area contributed by atoms with Gasteiger partial charge in [0.2, 0.25) is 0 Å². The van der Waals surface area contributed by atoms with Crippen molar-refractivity contribution in [2.24, 2.45) is 0 Å². The number of aliphatic hydroxyl groups is 1. The largest absolute Gasteiger partial charge is 0.451 e. The monoisotopic (exact) mass is 322 g/mol. The number of hydrogen-bond acceptors (Lipinski definition) is 2. The third kappa shape index (κ3) is 2.37. The van der Waals surface area contributed by atoms with Gasteiger partial charge in [-0.2, -0.15) is 0 Å². The van der Waals surface area contributed by atoms with Crippen LogP contribution in [0, 0.1) is 34.6 Å². The summed E-state index contributed by atoms with van der Waals surface area (Å²) >= 11 is 3.27. The van der Waals surface area contributed by atoms with Crippen molar-refractivity contribution in [1.29, 1.82) is 0 Å². The van der Waals surface area contributed by atoms with Crippen LogP contribution < -0.4 is 0 Å². The Morgan fingerprint density at radius 2 is 1.37 bits per heavy atom. The third-order valence-electron chi connectivity index (χ3n) is 4.19. The van der Waals surface area contributed by atoms with Crippen LogP contribution in [0.3, 0.4) is 0 Å². The maximum absolute atomic E-state index is 10.6. The molecule has 1 N–H and O–H groups in total. The minimum Gasteiger partial charge on any atom is -0.451 e. The number of halogens is 1. The van der Waals surface area contributed by atoms with Crippen molar-refractivity contribution in [3.63, 3.8) is 0 Å². The number of benzene rings is 1. The highest BCUT2D eigenvalue weighted by Gasteiger charge is 2.22. The summed E-state index contributed by atoms with van der Waals surface area (Å²) in [6, 6.07) is 3.61. The molecular weight excluding hydrogens is 304 g/mol. The normalized spacial score (nSPS) is 12.8. The Kier molecular flexibility index (Phi) is 3.88. The van der Waals surface area contributed by atoms with Gasteiger partial charge in [-0.1, -0.05) is 0 Å². The van der Waals surface area contributed by atoms with Gasteiger partial charge in [0, 0.05) is 0 Å². The second-order valence-corrected chi connectivity index (χ2v) is 5.86. The molecule has 0 aliphatic carbocycles. The molecule has 1 aromatic heterocycles. The van der Waals surface area contributed by atoms with E-state index in [1.165, 1.54) is 16.7 Å². The van der Waals surface area contributed by atoms with Crippen LogP contribution in [-0.4, -0.2) is 5.11 Å². The van der Waals surface area contributed by atoms with Crippen LogP contribution in [0.5, 0.6) is 0 Å². The lowest BCUT2D eigenvalue weighted by Crippen LogP contribution is -2.08. The molecule has 1 heterocycles. The molecule has 1 aromatic carbocycles. The van der Waals surface area contributed by atoms with Crippen LogP contribution in [0.4, 0.5) is 0 Å². The van der Waals surface area contributed by atoms with E-state index in [9.17, 15) is 5.11 Å². The molecule has 1 unspecified atom stereocenters. The molecule has 0 bridgehead atoms. The van der Waals surface area contributed by atoms with Gasteiger partial charge in [0.25, 0.3) is 0 Å². The molecular formula is C16H19BrO2. The number of rotatable bonds is 2. The number of hydrogen-bond donors (Lipinski definition) is 1. The van der Waals surface area contributed by atoms with Crippen LogP contribution in [0.15, 0.2) is 21.2 Å². The maximum atomic E-state index is 10.6. The summed E-state index contributed by atoms with van der Waals surface area (Å²) in [4.78, 5) is 0. The van der Waals surface area contributed by atoms with Crippen LogP contribution >= 0.6 is 15.9 Å². The van der Waals surface area contributed by atoms with Gasteiger partial charge in [0.1, 0.15) is 11.9 Å². The molecule has 2 rings (SSSR count). The van der Waals surface area contributed by atoms with Gasteiger partial charge in [-0.15, -0.1) is 0 Å². The van der Waals surface area contributed by atoms with E-state index in [0.717, 1.165) is 16.7 Å². The van der Waals surface area contributed by atoms with Gasteiger partial charge >= 0.3 is 0 Å². The predicted octanol–water partition coefficient (Wildman–Crippen LogP) is 4.67. The highest BCUT2D eigenvalue weighted by Crippen LogP contribution is 2.34. The highest BCUT2D eigenvalue weighted by atomic mass is 79.9. The van der Waals surface area contributed by atoms with Gasteiger partial charge in [0.05, 0.1) is 0 Å². The molecule has 0 fully saturated rings. The minimum atomic E-state index is -0.718. The molecule has 0 radical (unpaired) electrons. The second-order valence-electron chi connectivity index (χ2n) is 5.08. The molecule has 0 amide bonds. The van der Waals surface area contributed by atoms with E-state index in [1.807, 2.05) is 0 Å². The van der Waals surface area contributed by atoms with Crippen LogP contribution in [0.25, 0.3) is 0 Å². The highest BCUT2D eigenvalue weighted by molar-refractivity contribution is 9.10. The van der Waals surface area contributed by atoms with E-state index < -0.39 is 6.10 Å². The molecule has 0 saturated carbocycles. The third-order valence-corrected chi connectivity index (χ3v) is 4.62. The topological polar surface area (TPSA) is 33.4 Å². The van der Waals surface area contributed by atoms with E-state index in [2.05, 4.69) is 50.5 Å². The molecule has 0 aliphatic heterocycles. The van der Waals surface area contributed by atoms with Crippen molar-refractivity contribution in [2.75, 3.05) is 0 Å². The van der Waals surface area contributed by atoms with Gasteiger partial charge in [-0.3, -0.25) is 0 Å². The summed E-state index contributed by atoms with van der Waals surface area (Å²) in [5.74, 6) is 0.570. The standard InChI is InChI=1S/C16H19BrO2/c1-8-9(2)11(4)15(12(5)10(8)3)16(18)13-6-7-14(17)19-13/h6-7,16,18H,1-5H3. The molecule has 19 heavy (non-hydrogen) atoms. The smallest absolute Gasteiger partial charge is 0.169 e. The fourth-order valence-electron chi connectivity index (χ4n) is 2.56. The van der Waals surface area contributed by atoms with Crippen molar-refractivity contribution in [1.82, 2.24) is 0 Å². The molecule has 0 saturated heterocycles. The van der Waals surface area contributed by atoms with Gasteiger partial charge in [-0.05, 0) is 96.1 Å². The Labute approximate surface area is 122 Å². The number of furan rings is 1. The zero-order valence-corrected chi connectivity index (χ0v) is 13.6. The van der Waals surface area contributed by atoms with Crippen molar-refractivity contribution < 1.29 is 9.52 Å². The molecule has 2 nitrogen and oxygen atoms in total. The first-order valence-electron chi connectivity index (χ1n) is 6.34. The predicted molar refractivity (Wildman–Crippen MR) is 80.6 cm³/mol. The molecule has 0 aliphatic rings. The second kappa shape index (κ2) is 5.14. The first kappa shape index (κ1) is 14.4. The lowest BCUT2D eigenvalue weighted by Gasteiger charge is -2.21. The summed E-state index contributed by atoms with van der Waals surface area (Å²) in [6.07, 6.45) is -0.718. The summed E-state index contributed by atoms with van der Waals surface area (Å²) in [5.41, 5.74) is 7.01. The van der Waals surface area contributed by atoms with Crippen molar-refractivity contribution in [2.45, 2.75) is 40.7 Å². The SMILES string of the molecule is Cc1c(C)c(C)c(C(O)c2ccc(Br)o2)c(C)c1C. The summed E-state index contributed by atoms with van der Waals surface area (Å²) < 4.78 is 6.12. The molecule has 3 heteroatoms. The quantitative estimate of drug-likeness (QED) is 0.871. The van der Waals surface area contributed by atoms with Gasteiger partial charge in [0.15, 0.2) is 4.67 Å². The zero-order valence-electron chi connectivity index (χ0n) is 12.0. The van der Waals surface area contributed by atoms with Crippen LogP contribution in [-0.2, 0) is 0 Å². The Morgan fingerprint density at radius 1 is 0.895 bits per heavy atom. The summed E-state index contributed by atoms with van der Waals surface area (Å²) in [5, 5.41) is 10.6. The first-order valence-corrected chi connectivity index (χ1v) is 7.14. The Morgan fingerprint density at radius 3 is 1.79 bits per heavy atom. The molecule has 2 aromatic rings. The fraction of sp³-hybridized carbons (Fsp3) is 0.375. The van der Waals surface area contributed by atoms with E-state index in [4.69, 9.17) is 4.42 Å². The van der Waals surface area contributed by atoms with Crippen molar-refractivity contribution in [3.8, 4) is 0 Å². The summed E-state index contributed by atoms with van der Waals surface area (Å²) in [7, 11) is 0. The van der Waals surface area contributed by atoms with Gasteiger partial charge < -0.3 is 9.52 Å². The first-order chi connectivity index (χ1) is 8.84. The van der Waals surface area contributed by atoms with Gasteiger partial charge in [-0.25, -0.2) is 0 Å². The van der Waals surface area contributed by atoms with E-state index >= 15 is 0 Å². The van der Waals surface area contributed by atoms with E-state index in [-0.39, 0.29) is 0 Å². The fourth-order valence-corrected chi connectivity index (χ4v) is 2.88. The molecule has 102 valence electrons. The minimum absolute atomic E-state index is 0.570. The lowest BCUT2D eigenvalue weighted by molar-refractivity contribution is 0.186.